The van der Waals surface area contributed by atoms with Crippen LogP contribution in [0.3, 0.4) is 0 Å². The van der Waals surface area contributed by atoms with Gasteiger partial charge in [-0.1, -0.05) is 70.9 Å². The quantitative estimate of drug-likeness (QED) is 0.194. The van der Waals surface area contributed by atoms with Gasteiger partial charge < -0.3 is 14.2 Å². The third-order valence-corrected chi connectivity index (χ3v) is 8.41. The average molecular weight is 663 g/mol. The Morgan fingerprint density at radius 2 is 1.89 bits per heavy atom. The average Bonchev–Trinajstić information content (AvgIpc) is 3.30. The number of ether oxygens (including phenoxy) is 3. The Kier molecular flexibility index (Phi) is 9.78. The Morgan fingerprint density at radius 3 is 2.62 bits per heavy atom. The summed E-state index contributed by atoms with van der Waals surface area (Å²) < 4.78 is 19.5. The van der Waals surface area contributed by atoms with Gasteiger partial charge in [-0.3, -0.25) is 9.36 Å². The predicted octanol–water partition coefficient (Wildman–Crippen LogP) is 6.34. The molecule has 11 heteroatoms. The molecule has 1 aliphatic heterocycles. The number of halogens is 2. The summed E-state index contributed by atoms with van der Waals surface area (Å²) in [5, 5.41) is 10.1. The molecule has 0 N–H and O–H groups in total. The fraction of sp³-hybridized carbons (Fsp3) is 0.235. The number of hydrogen-bond acceptors (Lipinski definition) is 8. The Hall–Kier alpha value is -4.36. The maximum Gasteiger partial charge on any atom is 0.338 e. The van der Waals surface area contributed by atoms with Crippen molar-refractivity contribution in [2.75, 3.05) is 6.61 Å². The molecule has 0 aliphatic carbocycles. The van der Waals surface area contributed by atoms with Gasteiger partial charge in [0.2, 0.25) is 0 Å². The number of esters is 1. The molecule has 1 aromatic heterocycles. The Labute approximate surface area is 274 Å². The van der Waals surface area contributed by atoms with Gasteiger partial charge in [0.15, 0.2) is 4.80 Å². The van der Waals surface area contributed by atoms with Crippen LogP contribution in [0.5, 0.6) is 11.5 Å². The van der Waals surface area contributed by atoms with Crippen molar-refractivity contribution in [3.05, 3.63) is 124 Å². The van der Waals surface area contributed by atoms with Gasteiger partial charge in [-0.25, -0.2) is 9.79 Å². The summed E-state index contributed by atoms with van der Waals surface area (Å²) in [5.74, 6) is 0.279. The van der Waals surface area contributed by atoms with Gasteiger partial charge in [0.25, 0.3) is 5.56 Å². The molecule has 0 radical (unpaired) electrons. The van der Waals surface area contributed by atoms with Gasteiger partial charge in [-0.05, 0) is 58.0 Å². The monoisotopic (exact) mass is 661 g/mol. The maximum atomic E-state index is 14.2. The van der Waals surface area contributed by atoms with Crippen LogP contribution in [0, 0.1) is 11.3 Å². The zero-order valence-electron chi connectivity index (χ0n) is 25.0. The highest BCUT2D eigenvalue weighted by molar-refractivity contribution is 7.07. The molecule has 5 rings (SSSR count). The van der Waals surface area contributed by atoms with E-state index in [1.807, 2.05) is 44.2 Å². The van der Waals surface area contributed by atoms with Crippen LogP contribution in [0.4, 0.5) is 0 Å². The first-order chi connectivity index (χ1) is 21.6. The first-order valence-electron chi connectivity index (χ1n) is 14.2. The molecule has 0 saturated heterocycles. The first kappa shape index (κ1) is 32.0. The van der Waals surface area contributed by atoms with Crippen LogP contribution in [-0.4, -0.2) is 23.2 Å². The van der Waals surface area contributed by atoms with Crippen LogP contribution in [0.2, 0.25) is 10.0 Å². The second-order valence-corrected chi connectivity index (χ2v) is 12.2. The highest BCUT2D eigenvalue weighted by atomic mass is 35.5. The molecule has 0 fully saturated rings. The van der Waals surface area contributed by atoms with E-state index in [-0.39, 0.29) is 35.5 Å². The summed E-state index contributed by atoms with van der Waals surface area (Å²) in [5.41, 5.74) is 2.57. The largest absolute Gasteiger partial charge is 0.491 e. The lowest BCUT2D eigenvalue weighted by atomic mass is 9.95. The van der Waals surface area contributed by atoms with Gasteiger partial charge in [0.1, 0.15) is 24.1 Å². The van der Waals surface area contributed by atoms with E-state index in [0.29, 0.717) is 53.8 Å². The van der Waals surface area contributed by atoms with Crippen molar-refractivity contribution in [1.29, 1.82) is 5.26 Å². The lowest BCUT2D eigenvalue weighted by Crippen LogP contribution is -2.40. The lowest BCUT2D eigenvalue weighted by molar-refractivity contribution is -0.139. The number of para-hydroxylation sites is 1. The van der Waals surface area contributed by atoms with E-state index in [0.717, 1.165) is 11.3 Å². The van der Waals surface area contributed by atoms with Crippen LogP contribution in [0.25, 0.3) is 6.08 Å². The molecule has 0 bridgehead atoms. The number of hydrogen-bond donors (Lipinski definition) is 0. The molecule has 45 heavy (non-hydrogen) atoms. The number of carbonyl (C=O) groups excluding carboxylic acids is 1. The number of thiazole rings is 1. The van der Waals surface area contributed by atoms with E-state index in [1.54, 1.807) is 50.3 Å². The normalized spacial score (nSPS) is 14.5. The number of aromatic nitrogens is 1. The van der Waals surface area contributed by atoms with E-state index in [1.165, 1.54) is 4.57 Å². The van der Waals surface area contributed by atoms with E-state index < -0.39 is 12.0 Å². The number of rotatable bonds is 9. The molecule has 2 heterocycles. The third-order valence-electron chi connectivity index (χ3n) is 6.93. The van der Waals surface area contributed by atoms with E-state index in [4.69, 9.17) is 37.4 Å². The fourth-order valence-corrected chi connectivity index (χ4v) is 6.64. The number of nitrogens with zero attached hydrogens (tertiary/aromatic N) is 3. The number of benzene rings is 3. The molecule has 0 saturated carbocycles. The van der Waals surface area contributed by atoms with E-state index >= 15 is 0 Å². The van der Waals surface area contributed by atoms with Gasteiger partial charge >= 0.3 is 5.97 Å². The molecule has 0 unspecified atom stereocenters. The van der Waals surface area contributed by atoms with Crippen molar-refractivity contribution < 1.29 is 19.0 Å². The minimum absolute atomic E-state index is 0.0713. The molecular formula is C34H29Cl2N3O5S. The highest BCUT2D eigenvalue weighted by Gasteiger charge is 2.35. The number of allylic oxidation sites excluding steroid dienone is 1. The third kappa shape index (κ3) is 6.69. The second kappa shape index (κ2) is 13.7. The van der Waals surface area contributed by atoms with Gasteiger partial charge in [0.05, 0.1) is 45.2 Å². The molecule has 1 atom stereocenters. The van der Waals surface area contributed by atoms with Crippen LogP contribution >= 0.6 is 34.5 Å². The zero-order valence-corrected chi connectivity index (χ0v) is 27.3. The molecule has 3 aromatic carbocycles. The van der Waals surface area contributed by atoms with Crippen molar-refractivity contribution in [2.45, 2.75) is 46.4 Å². The summed E-state index contributed by atoms with van der Waals surface area (Å²) in [7, 11) is 0. The fourth-order valence-electron chi connectivity index (χ4n) is 5.04. The van der Waals surface area contributed by atoms with Crippen molar-refractivity contribution in [1.82, 2.24) is 4.57 Å². The molecule has 1 aliphatic rings. The van der Waals surface area contributed by atoms with E-state index in [9.17, 15) is 14.9 Å². The molecule has 8 nitrogen and oxygen atoms in total. The summed E-state index contributed by atoms with van der Waals surface area (Å²) >= 11 is 14.1. The summed E-state index contributed by atoms with van der Waals surface area (Å²) in [6.07, 6.45) is 1.49. The van der Waals surface area contributed by atoms with Crippen LogP contribution in [0.15, 0.2) is 81.7 Å². The summed E-state index contributed by atoms with van der Waals surface area (Å²) in [6.45, 7) is 7.50. The molecular weight excluding hydrogens is 633 g/mol. The Morgan fingerprint density at radius 1 is 1.16 bits per heavy atom. The van der Waals surface area contributed by atoms with Crippen molar-refractivity contribution in [2.24, 2.45) is 4.99 Å². The van der Waals surface area contributed by atoms with Gasteiger partial charge in [0, 0.05) is 21.7 Å². The lowest BCUT2D eigenvalue weighted by Gasteiger charge is -2.26. The zero-order chi connectivity index (χ0) is 32.2. The predicted molar refractivity (Wildman–Crippen MR) is 175 cm³/mol. The summed E-state index contributed by atoms with van der Waals surface area (Å²) in [4.78, 5) is 32.6. The van der Waals surface area contributed by atoms with Crippen molar-refractivity contribution >= 4 is 46.6 Å². The Balaban J connectivity index is 1.68. The molecule has 230 valence electrons. The first-order valence-corrected chi connectivity index (χ1v) is 15.7. The SMILES string of the molecule is CCOC(=O)C1=C(C)N=c2s/c(=C\c3cc(Cl)cc(Cl)c3OCc3ccccc3C#N)c(=O)n2[C@H]1c1ccccc1OC(C)C. The van der Waals surface area contributed by atoms with Gasteiger partial charge in [-0.15, -0.1) is 0 Å². The van der Waals surface area contributed by atoms with E-state index in [2.05, 4.69) is 11.1 Å². The minimum Gasteiger partial charge on any atom is -0.491 e. The molecule has 0 spiro atoms. The Bertz CT molecular complexity index is 2040. The highest BCUT2D eigenvalue weighted by Crippen LogP contribution is 2.37. The van der Waals surface area contributed by atoms with Crippen molar-refractivity contribution in [3.8, 4) is 17.6 Å². The summed E-state index contributed by atoms with van der Waals surface area (Å²) in [6, 6.07) is 18.9. The van der Waals surface area contributed by atoms with Crippen LogP contribution in [-0.2, 0) is 16.1 Å². The number of nitriles is 1. The molecule has 4 aromatic rings. The second-order valence-electron chi connectivity index (χ2n) is 10.4. The standard InChI is InChI=1S/C34H29Cl2N3O5S/c1-5-42-33(41)29-20(4)38-34-39(30(29)25-12-8-9-13-27(25)44-19(2)3)32(40)28(45-34)15-23-14-24(35)16-26(36)31(23)43-18-22-11-7-6-10-21(22)17-37/h6-16,19,30H,5,18H2,1-4H3/b28-15-/t30-/m0/s1. The smallest absolute Gasteiger partial charge is 0.338 e. The maximum absolute atomic E-state index is 14.2. The van der Waals surface area contributed by atoms with Crippen LogP contribution in [0.1, 0.15) is 56.0 Å². The van der Waals surface area contributed by atoms with Gasteiger partial charge in [-0.2, -0.15) is 5.26 Å². The van der Waals surface area contributed by atoms with Crippen molar-refractivity contribution in [3.63, 3.8) is 0 Å². The van der Waals surface area contributed by atoms with Crippen LogP contribution < -0.4 is 24.4 Å². The topological polar surface area (TPSA) is 103 Å². The number of fused-ring (bicyclic) bond motifs is 1. The minimum atomic E-state index is -0.849. The number of carbonyl (C=O) groups is 1. The molecule has 0 amide bonds.